The van der Waals surface area contributed by atoms with Crippen molar-refractivity contribution >= 4 is 11.9 Å². The number of hydrogen-bond acceptors (Lipinski definition) is 5. The Morgan fingerprint density at radius 3 is 2.83 bits per heavy atom. The fraction of sp³-hybridized carbons (Fsp3) is 0.500. The highest BCUT2D eigenvalue weighted by Gasteiger charge is 2.27. The fourth-order valence-electron chi connectivity index (χ4n) is 2.48. The van der Waals surface area contributed by atoms with Gasteiger partial charge in [0.1, 0.15) is 0 Å². The van der Waals surface area contributed by atoms with Crippen LogP contribution in [0.2, 0.25) is 0 Å². The molecule has 1 N–H and O–H groups in total. The Morgan fingerprint density at radius 1 is 1.39 bits per heavy atom. The highest BCUT2D eigenvalue weighted by molar-refractivity contribution is 5.95. The summed E-state index contributed by atoms with van der Waals surface area (Å²) in [7, 11) is 1.52. The van der Waals surface area contributed by atoms with E-state index < -0.39 is 12.1 Å². The third-order valence-corrected chi connectivity index (χ3v) is 3.54. The normalized spacial score (nSPS) is 17.7. The van der Waals surface area contributed by atoms with Crippen molar-refractivity contribution in [3.63, 3.8) is 0 Å². The van der Waals surface area contributed by atoms with Crippen LogP contribution >= 0.6 is 0 Å². The van der Waals surface area contributed by atoms with E-state index in [0.717, 1.165) is 0 Å². The number of nitrogens with zero attached hydrogens (tertiary/aromatic N) is 1. The Hall–Kier alpha value is -2.28. The molecule has 1 heterocycles. The second kappa shape index (κ2) is 7.82. The van der Waals surface area contributed by atoms with Crippen molar-refractivity contribution < 1.29 is 28.9 Å². The largest absolute Gasteiger partial charge is 0.493 e. The lowest BCUT2D eigenvalue weighted by molar-refractivity contribution is -0.141. The van der Waals surface area contributed by atoms with Crippen molar-refractivity contribution in [3.05, 3.63) is 23.8 Å². The van der Waals surface area contributed by atoms with Crippen LogP contribution in [0.5, 0.6) is 11.5 Å². The number of ether oxygens (including phenoxy) is 3. The Labute approximate surface area is 134 Å². The van der Waals surface area contributed by atoms with Crippen molar-refractivity contribution in [2.75, 3.05) is 33.4 Å². The first-order chi connectivity index (χ1) is 11.0. The molecule has 0 radical (unpaired) electrons. The number of hydrogen-bond donors (Lipinski definition) is 1. The predicted octanol–water partition coefficient (Wildman–Crippen LogP) is 1.41. The molecule has 0 saturated carbocycles. The molecule has 126 valence electrons. The lowest BCUT2D eigenvalue weighted by Gasteiger charge is -2.32. The molecule has 1 aliphatic rings. The van der Waals surface area contributed by atoms with Gasteiger partial charge in [-0.05, 0) is 25.1 Å². The molecule has 1 saturated heterocycles. The van der Waals surface area contributed by atoms with Crippen LogP contribution in [0.15, 0.2) is 18.2 Å². The molecule has 0 bridgehead atoms. The van der Waals surface area contributed by atoms with Crippen LogP contribution < -0.4 is 9.47 Å². The number of carbonyl (C=O) groups is 2. The van der Waals surface area contributed by atoms with Gasteiger partial charge in [0.2, 0.25) is 0 Å². The minimum Gasteiger partial charge on any atom is -0.493 e. The summed E-state index contributed by atoms with van der Waals surface area (Å²) in [5.41, 5.74) is 0.473. The van der Waals surface area contributed by atoms with Crippen molar-refractivity contribution in [2.45, 2.75) is 19.4 Å². The topological polar surface area (TPSA) is 85.3 Å². The van der Waals surface area contributed by atoms with E-state index in [1.165, 1.54) is 7.11 Å². The van der Waals surface area contributed by atoms with Crippen molar-refractivity contribution in [1.82, 2.24) is 4.90 Å². The van der Waals surface area contributed by atoms with Crippen LogP contribution in [0, 0.1) is 0 Å². The van der Waals surface area contributed by atoms with E-state index >= 15 is 0 Å². The predicted molar refractivity (Wildman–Crippen MR) is 82.1 cm³/mol. The third kappa shape index (κ3) is 4.35. The molecular formula is C16H21NO6. The molecule has 7 heteroatoms. The smallest absolute Gasteiger partial charge is 0.306 e. The molecule has 2 rings (SSSR count). The van der Waals surface area contributed by atoms with Crippen molar-refractivity contribution in [3.8, 4) is 11.5 Å². The fourth-order valence-corrected chi connectivity index (χ4v) is 2.48. The SMILES string of the molecule is CCOc1ccc(C(=O)N2CCO[C@@H](CC(=O)O)C2)cc1OC. The van der Waals surface area contributed by atoms with Crippen LogP contribution in [0.4, 0.5) is 0 Å². The Morgan fingerprint density at radius 2 is 2.17 bits per heavy atom. The van der Waals surface area contributed by atoms with Gasteiger partial charge in [0, 0.05) is 18.7 Å². The molecule has 7 nitrogen and oxygen atoms in total. The van der Waals surface area contributed by atoms with Gasteiger partial charge >= 0.3 is 5.97 Å². The van der Waals surface area contributed by atoms with E-state index in [4.69, 9.17) is 19.3 Å². The molecule has 1 aliphatic heterocycles. The monoisotopic (exact) mass is 323 g/mol. The first-order valence-corrected chi connectivity index (χ1v) is 7.48. The van der Waals surface area contributed by atoms with Crippen LogP contribution in [0.1, 0.15) is 23.7 Å². The first kappa shape index (κ1) is 17.1. The molecule has 0 aliphatic carbocycles. The number of methoxy groups -OCH3 is 1. The zero-order valence-electron chi connectivity index (χ0n) is 13.3. The van der Waals surface area contributed by atoms with E-state index in [1.807, 2.05) is 6.92 Å². The van der Waals surface area contributed by atoms with Gasteiger partial charge in [-0.2, -0.15) is 0 Å². The van der Waals surface area contributed by atoms with E-state index in [0.29, 0.717) is 36.8 Å². The number of amides is 1. The van der Waals surface area contributed by atoms with Crippen molar-refractivity contribution in [1.29, 1.82) is 0 Å². The average Bonchev–Trinajstić information content (AvgIpc) is 2.54. The quantitative estimate of drug-likeness (QED) is 0.852. The van der Waals surface area contributed by atoms with E-state index in [2.05, 4.69) is 0 Å². The second-order valence-electron chi connectivity index (χ2n) is 5.14. The van der Waals surface area contributed by atoms with Gasteiger partial charge in [-0.3, -0.25) is 9.59 Å². The minimum atomic E-state index is -0.938. The van der Waals surface area contributed by atoms with Crippen LogP contribution in [-0.4, -0.2) is 61.4 Å². The van der Waals surface area contributed by atoms with Crippen LogP contribution in [-0.2, 0) is 9.53 Å². The summed E-state index contributed by atoms with van der Waals surface area (Å²) in [6.45, 7) is 3.40. The maximum Gasteiger partial charge on any atom is 0.306 e. The summed E-state index contributed by atoms with van der Waals surface area (Å²) >= 11 is 0. The molecule has 1 amide bonds. The summed E-state index contributed by atoms with van der Waals surface area (Å²) in [5.74, 6) is -0.0394. The third-order valence-electron chi connectivity index (χ3n) is 3.54. The number of rotatable bonds is 6. The number of morpholine rings is 1. The minimum absolute atomic E-state index is 0.115. The molecule has 0 spiro atoms. The molecule has 0 unspecified atom stereocenters. The highest BCUT2D eigenvalue weighted by Crippen LogP contribution is 2.28. The lowest BCUT2D eigenvalue weighted by atomic mass is 10.1. The molecule has 1 fully saturated rings. The number of aliphatic carboxylic acids is 1. The second-order valence-corrected chi connectivity index (χ2v) is 5.14. The van der Waals surface area contributed by atoms with E-state index in [1.54, 1.807) is 23.1 Å². The maximum atomic E-state index is 12.6. The average molecular weight is 323 g/mol. The summed E-state index contributed by atoms with van der Waals surface area (Å²) in [6.07, 6.45) is -0.592. The van der Waals surface area contributed by atoms with Gasteiger partial charge in [-0.15, -0.1) is 0 Å². The van der Waals surface area contributed by atoms with Gasteiger partial charge in [0.05, 0.1) is 32.8 Å². The molecule has 1 aromatic rings. The summed E-state index contributed by atoms with van der Waals surface area (Å²) in [6, 6.07) is 5.01. The molecule has 0 aromatic heterocycles. The summed E-state index contributed by atoms with van der Waals surface area (Å²) < 4.78 is 16.1. The van der Waals surface area contributed by atoms with Crippen LogP contribution in [0.25, 0.3) is 0 Å². The Bertz CT molecular complexity index is 574. The lowest BCUT2D eigenvalue weighted by Crippen LogP contribution is -2.46. The summed E-state index contributed by atoms with van der Waals surface area (Å²) in [5, 5.41) is 8.84. The molecule has 1 atom stereocenters. The Balaban J connectivity index is 2.11. The van der Waals surface area contributed by atoms with E-state index in [9.17, 15) is 9.59 Å². The molecule has 23 heavy (non-hydrogen) atoms. The summed E-state index contributed by atoms with van der Waals surface area (Å²) in [4.78, 5) is 25.0. The number of carbonyl (C=O) groups excluding carboxylic acids is 1. The number of carboxylic acids is 1. The van der Waals surface area contributed by atoms with E-state index in [-0.39, 0.29) is 18.9 Å². The first-order valence-electron chi connectivity index (χ1n) is 7.48. The zero-order valence-corrected chi connectivity index (χ0v) is 13.3. The highest BCUT2D eigenvalue weighted by atomic mass is 16.5. The number of benzene rings is 1. The Kier molecular flexibility index (Phi) is 5.81. The van der Waals surface area contributed by atoms with Gasteiger partial charge in [0.25, 0.3) is 5.91 Å². The molecular weight excluding hydrogens is 302 g/mol. The van der Waals surface area contributed by atoms with Crippen molar-refractivity contribution in [2.24, 2.45) is 0 Å². The zero-order chi connectivity index (χ0) is 16.8. The van der Waals surface area contributed by atoms with Gasteiger partial charge in [0.15, 0.2) is 11.5 Å². The van der Waals surface area contributed by atoms with Gasteiger partial charge in [-0.25, -0.2) is 0 Å². The number of carboxylic acid groups (broad SMARTS) is 1. The molecule has 1 aromatic carbocycles. The maximum absolute atomic E-state index is 12.6. The standard InChI is InChI=1S/C16H21NO6/c1-3-22-13-5-4-11(8-14(13)21-2)16(20)17-6-7-23-12(10-17)9-15(18)19/h4-5,8,12H,3,6-7,9-10H2,1-2H3,(H,18,19)/t12-/m0/s1. The van der Waals surface area contributed by atoms with Gasteiger partial charge < -0.3 is 24.2 Å². The van der Waals surface area contributed by atoms with Gasteiger partial charge in [-0.1, -0.05) is 0 Å². The van der Waals surface area contributed by atoms with Crippen LogP contribution in [0.3, 0.4) is 0 Å².